The summed E-state index contributed by atoms with van der Waals surface area (Å²) in [4.78, 5) is 17.4. The summed E-state index contributed by atoms with van der Waals surface area (Å²) in [6.45, 7) is 3.62. The number of carbonyl (C=O) groups excluding carboxylic acids is 1. The molecule has 0 spiro atoms. The highest BCUT2D eigenvalue weighted by Crippen LogP contribution is 2.42. The van der Waals surface area contributed by atoms with Gasteiger partial charge in [-0.25, -0.2) is 0 Å². The number of halogens is 4. The molecule has 58 heavy (non-hydrogen) atoms. The molecule has 0 saturated carbocycles. The topological polar surface area (TPSA) is 76.1 Å². The molecule has 0 aliphatic carbocycles. The first-order valence-corrected chi connectivity index (χ1v) is 19.5. The van der Waals surface area contributed by atoms with E-state index < -0.39 is 12.3 Å². The molecule has 306 valence electrons. The fourth-order valence-electron chi connectivity index (χ4n) is 5.60. The Morgan fingerprint density at radius 3 is 1.79 bits per heavy atom. The molecule has 0 radical (unpaired) electrons. The highest BCUT2D eigenvalue weighted by molar-refractivity contribution is 6.33. The van der Waals surface area contributed by atoms with Gasteiger partial charge in [-0.05, 0) is 99.9 Å². The van der Waals surface area contributed by atoms with Crippen molar-refractivity contribution in [2.75, 3.05) is 13.9 Å². The average molecular weight is 816 g/mol. The van der Waals surface area contributed by atoms with Gasteiger partial charge in [-0.3, -0.25) is 9.78 Å². The van der Waals surface area contributed by atoms with E-state index in [-0.39, 0.29) is 19.0 Å². The van der Waals surface area contributed by atoms with Gasteiger partial charge in [0.05, 0.1) is 17.6 Å². The van der Waals surface area contributed by atoms with Gasteiger partial charge in [0.15, 0.2) is 0 Å². The second-order valence-electron chi connectivity index (χ2n) is 12.8. The van der Waals surface area contributed by atoms with Gasteiger partial charge in [-0.15, -0.1) is 13.2 Å². The Kier molecular flexibility index (Phi) is 18.7. The Morgan fingerprint density at radius 1 is 0.741 bits per heavy atom. The number of aromatic nitrogens is 1. The first kappa shape index (κ1) is 45.0. The summed E-state index contributed by atoms with van der Waals surface area (Å²) in [6, 6.07) is 15.5. The van der Waals surface area contributed by atoms with Crippen molar-refractivity contribution in [2.24, 2.45) is 0 Å². The summed E-state index contributed by atoms with van der Waals surface area (Å²) >= 11 is 6.51. The van der Waals surface area contributed by atoms with E-state index >= 15 is 0 Å². The van der Waals surface area contributed by atoms with E-state index in [0.717, 1.165) is 44.1 Å². The Hall–Kier alpha value is -5.74. The third-order valence-electron chi connectivity index (χ3n) is 8.36. The molecule has 0 saturated heterocycles. The van der Waals surface area contributed by atoms with E-state index in [1.165, 1.54) is 31.4 Å². The molecule has 3 aromatic carbocycles. The fraction of sp³-hybridized carbons (Fsp3) is 0.277. The molecule has 11 heteroatoms. The number of rotatable bonds is 22. The molecule has 0 bridgehead atoms. The number of alkyl halides is 3. The molecule has 0 aliphatic heterocycles. The lowest BCUT2D eigenvalue weighted by Gasteiger charge is -2.18. The van der Waals surface area contributed by atoms with Crippen molar-refractivity contribution < 1.29 is 41.7 Å². The number of nitrogens with zero attached hydrogens (tertiary/aromatic N) is 1. The summed E-state index contributed by atoms with van der Waals surface area (Å²) in [5.74, 6) is 0.855. The van der Waals surface area contributed by atoms with Crippen LogP contribution in [-0.4, -0.2) is 31.2 Å². The molecule has 1 aromatic heterocycles. The summed E-state index contributed by atoms with van der Waals surface area (Å²) in [5.41, 5.74) is 2.56. The van der Waals surface area contributed by atoms with Crippen molar-refractivity contribution in [2.45, 2.75) is 71.6 Å². The number of benzene rings is 3. The van der Waals surface area contributed by atoms with E-state index in [4.69, 9.17) is 35.5 Å². The second-order valence-corrected chi connectivity index (χ2v) is 13.2. The number of hydrogen-bond donors (Lipinski definition) is 0. The van der Waals surface area contributed by atoms with E-state index in [1.54, 1.807) is 36.4 Å². The molecule has 7 nitrogen and oxygen atoms in total. The molecular formula is C47H49ClF3NO6. The lowest BCUT2D eigenvalue weighted by molar-refractivity contribution is -0.274. The summed E-state index contributed by atoms with van der Waals surface area (Å²) in [5, 5.41) is 0.933. The monoisotopic (exact) mass is 815 g/mol. The van der Waals surface area contributed by atoms with Crippen molar-refractivity contribution in [3.63, 3.8) is 0 Å². The minimum absolute atomic E-state index is 0.192. The quantitative estimate of drug-likeness (QED) is 0.0444. The molecule has 0 amide bonds. The smallest absolute Gasteiger partial charge is 0.495 e. The highest BCUT2D eigenvalue weighted by Gasteiger charge is 2.31. The molecule has 0 N–H and O–H groups in total. The van der Waals surface area contributed by atoms with Gasteiger partial charge in [-0.2, -0.15) is 0 Å². The van der Waals surface area contributed by atoms with Crippen molar-refractivity contribution in [3.8, 4) is 39.9 Å². The average Bonchev–Trinajstić information content (AvgIpc) is 3.19. The SMILES string of the molecule is CC/C=C\C/C=C\C/C=C\C/C=C\C/C=C\C/C=C\CCC(=O)OCOc1c(-c2ccc(Oc3ccc(OC(F)(F)F)cc3)cc2)c(C)nc2cc(OC)c(Cl)cc12. The molecule has 1 heterocycles. The second kappa shape index (κ2) is 24.1. The molecule has 0 aliphatic rings. The van der Waals surface area contributed by atoms with Crippen molar-refractivity contribution in [1.29, 1.82) is 0 Å². The van der Waals surface area contributed by atoms with Crippen LogP contribution in [0.3, 0.4) is 0 Å². The number of carbonyl (C=O) groups is 1. The van der Waals surface area contributed by atoms with E-state index in [2.05, 4.69) is 72.4 Å². The summed E-state index contributed by atoms with van der Waals surface area (Å²) in [6.07, 6.45) is 27.1. The van der Waals surface area contributed by atoms with Crippen molar-refractivity contribution in [3.05, 3.63) is 144 Å². The number of fused-ring (bicyclic) bond motifs is 1. The van der Waals surface area contributed by atoms with E-state index in [1.807, 2.05) is 19.1 Å². The van der Waals surface area contributed by atoms with Gasteiger partial charge in [0.25, 0.3) is 0 Å². The van der Waals surface area contributed by atoms with Crippen LogP contribution >= 0.6 is 11.6 Å². The molecule has 0 fully saturated rings. The predicted octanol–water partition coefficient (Wildman–Crippen LogP) is 13.9. The summed E-state index contributed by atoms with van der Waals surface area (Å²) in [7, 11) is 1.51. The first-order chi connectivity index (χ1) is 28.1. The number of aryl methyl sites for hydroxylation is 1. The third-order valence-corrected chi connectivity index (χ3v) is 8.66. The Balaban J connectivity index is 1.28. The Bertz CT molecular complexity index is 2090. The van der Waals surface area contributed by atoms with Gasteiger partial charge < -0.3 is 23.7 Å². The maximum atomic E-state index is 12.6. The van der Waals surface area contributed by atoms with Crippen LogP contribution in [0.5, 0.6) is 28.7 Å². The normalized spacial score (nSPS) is 12.3. The van der Waals surface area contributed by atoms with Crippen molar-refractivity contribution in [1.82, 2.24) is 4.98 Å². The summed E-state index contributed by atoms with van der Waals surface area (Å²) < 4.78 is 64.3. The maximum absolute atomic E-state index is 12.6. The van der Waals surface area contributed by atoms with Crippen LogP contribution < -0.4 is 18.9 Å². The number of esters is 1. The highest BCUT2D eigenvalue weighted by atomic mass is 35.5. The van der Waals surface area contributed by atoms with Gasteiger partial charge >= 0.3 is 12.3 Å². The van der Waals surface area contributed by atoms with Crippen LogP contribution in [0.1, 0.15) is 64.0 Å². The zero-order chi connectivity index (χ0) is 41.6. The van der Waals surface area contributed by atoms with E-state index in [0.29, 0.717) is 56.6 Å². The lowest BCUT2D eigenvalue weighted by atomic mass is 10.00. The number of methoxy groups -OCH3 is 1. The first-order valence-electron chi connectivity index (χ1n) is 19.1. The Labute approximate surface area is 343 Å². The van der Waals surface area contributed by atoms with Gasteiger partial charge in [-0.1, -0.05) is 104 Å². The van der Waals surface area contributed by atoms with Crippen LogP contribution in [0.25, 0.3) is 22.0 Å². The molecule has 0 atom stereocenters. The predicted molar refractivity (Wildman–Crippen MR) is 226 cm³/mol. The minimum Gasteiger partial charge on any atom is -0.495 e. The van der Waals surface area contributed by atoms with Gasteiger partial charge in [0.1, 0.15) is 28.7 Å². The Morgan fingerprint density at radius 2 is 1.26 bits per heavy atom. The minimum atomic E-state index is -4.79. The molecule has 4 aromatic rings. The van der Waals surface area contributed by atoms with Crippen LogP contribution in [0.15, 0.2) is 134 Å². The van der Waals surface area contributed by atoms with Gasteiger partial charge in [0, 0.05) is 29.1 Å². The molecular weight excluding hydrogens is 767 g/mol. The maximum Gasteiger partial charge on any atom is 0.573 e. The van der Waals surface area contributed by atoms with Crippen LogP contribution in [0, 0.1) is 6.92 Å². The number of ether oxygens (including phenoxy) is 5. The van der Waals surface area contributed by atoms with Crippen molar-refractivity contribution >= 4 is 28.5 Å². The molecule has 0 unspecified atom stereocenters. The van der Waals surface area contributed by atoms with Crippen LogP contribution in [0.4, 0.5) is 13.2 Å². The van der Waals surface area contributed by atoms with Gasteiger partial charge in [0.2, 0.25) is 6.79 Å². The van der Waals surface area contributed by atoms with E-state index in [9.17, 15) is 18.0 Å². The van der Waals surface area contributed by atoms with Crippen LogP contribution in [-0.2, 0) is 9.53 Å². The standard InChI is InChI=1S/C47H49ClF3NO6/c1-4-5-6-7-8-9-10-11-12-13-14-15-16-17-18-19-20-21-22-23-44(53)55-34-56-46-40-32-41(48)43(54-3)33-42(40)52-35(2)45(46)36-24-26-37(27-25-36)57-38-28-30-39(31-29-38)58-47(49,50)51/h5-6,8-9,11-12,14-15,17-18,20-21,24-33H,4,7,10,13,16,19,22-23,34H2,1-3H3/b6-5-,9-8-,12-11-,15-14-,18-17-,21-20-. The largest absolute Gasteiger partial charge is 0.573 e. The number of pyridine rings is 1. The zero-order valence-electron chi connectivity index (χ0n) is 33.0. The molecule has 4 rings (SSSR count). The third kappa shape index (κ3) is 15.7. The number of allylic oxidation sites excluding steroid dienone is 12. The van der Waals surface area contributed by atoms with Crippen LogP contribution in [0.2, 0.25) is 5.02 Å². The zero-order valence-corrected chi connectivity index (χ0v) is 33.7. The number of hydrogen-bond acceptors (Lipinski definition) is 7. The fourth-order valence-corrected chi connectivity index (χ4v) is 5.84. The lowest BCUT2D eigenvalue weighted by Crippen LogP contribution is -2.16.